The van der Waals surface area contributed by atoms with E-state index in [1.165, 1.54) is 37.1 Å². The van der Waals surface area contributed by atoms with E-state index in [9.17, 15) is 0 Å². The minimum Gasteiger partial charge on any atom is -0.330 e. The van der Waals surface area contributed by atoms with E-state index in [1.807, 2.05) is 0 Å². The highest BCUT2D eigenvalue weighted by Crippen LogP contribution is 2.26. The molecule has 4 heteroatoms. The monoisotopic (exact) mass is 315 g/mol. The predicted molar refractivity (Wildman–Crippen MR) is 94.0 cm³/mol. The number of benzene rings is 1. The molecule has 3 rings (SSSR count). The molecule has 0 saturated carbocycles. The van der Waals surface area contributed by atoms with Crippen LogP contribution in [-0.2, 0) is 13.0 Å². The molecular formula is C18H25N3S. The Kier molecular flexibility index (Phi) is 5.24. The lowest BCUT2D eigenvalue weighted by Gasteiger charge is -2.30. The van der Waals surface area contributed by atoms with Crippen molar-refractivity contribution >= 4 is 11.3 Å². The van der Waals surface area contributed by atoms with Crippen molar-refractivity contribution in [2.75, 3.05) is 19.6 Å². The Morgan fingerprint density at radius 3 is 3.14 bits per heavy atom. The summed E-state index contributed by atoms with van der Waals surface area (Å²) in [6, 6.07) is 8.84. The standard InChI is InChI=1S/C18H25N3S/c1-14-4-3-9-21(11-14)12-15-5-2-6-16(10-15)18-20-17(7-8-19)13-22-18/h2,5-6,10,13-14H,3-4,7-9,11-12,19H2,1H3. The average Bonchev–Trinajstić information content (AvgIpc) is 2.97. The topological polar surface area (TPSA) is 42.2 Å². The van der Waals surface area contributed by atoms with Gasteiger partial charge in [0.1, 0.15) is 5.01 Å². The highest BCUT2D eigenvalue weighted by atomic mass is 32.1. The van der Waals surface area contributed by atoms with E-state index in [1.54, 1.807) is 11.3 Å². The maximum Gasteiger partial charge on any atom is 0.123 e. The first-order chi connectivity index (χ1) is 10.7. The van der Waals surface area contributed by atoms with Crippen LogP contribution in [0.1, 0.15) is 31.0 Å². The second-order valence-corrected chi connectivity index (χ2v) is 7.22. The quantitative estimate of drug-likeness (QED) is 0.917. The molecule has 3 nitrogen and oxygen atoms in total. The third-order valence-electron chi connectivity index (χ3n) is 4.27. The van der Waals surface area contributed by atoms with E-state index in [0.717, 1.165) is 29.6 Å². The first kappa shape index (κ1) is 15.7. The van der Waals surface area contributed by atoms with Gasteiger partial charge in [-0.25, -0.2) is 4.98 Å². The zero-order valence-electron chi connectivity index (χ0n) is 13.3. The van der Waals surface area contributed by atoms with Gasteiger partial charge in [0, 0.05) is 30.5 Å². The molecule has 1 aromatic carbocycles. The van der Waals surface area contributed by atoms with Gasteiger partial charge in [0.25, 0.3) is 0 Å². The molecule has 1 unspecified atom stereocenters. The highest BCUT2D eigenvalue weighted by Gasteiger charge is 2.16. The van der Waals surface area contributed by atoms with Crippen molar-refractivity contribution < 1.29 is 0 Å². The third-order valence-corrected chi connectivity index (χ3v) is 5.21. The largest absolute Gasteiger partial charge is 0.330 e. The zero-order chi connectivity index (χ0) is 15.4. The van der Waals surface area contributed by atoms with Gasteiger partial charge < -0.3 is 5.73 Å². The molecule has 22 heavy (non-hydrogen) atoms. The van der Waals surface area contributed by atoms with Gasteiger partial charge >= 0.3 is 0 Å². The normalized spacial score (nSPS) is 19.5. The molecule has 1 aromatic heterocycles. The Labute approximate surface area is 137 Å². The first-order valence-corrected chi connectivity index (χ1v) is 9.08. The lowest BCUT2D eigenvalue weighted by atomic mass is 9.99. The molecule has 1 aliphatic heterocycles. The fourth-order valence-corrected chi connectivity index (χ4v) is 4.04. The minimum absolute atomic E-state index is 0.663. The van der Waals surface area contributed by atoms with E-state index < -0.39 is 0 Å². The fourth-order valence-electron chi connectivity index (χ4n) is 3.19. The Hall–Kier alpha value is -1.23. The number of piperidine rings is 1. The van der Waals surface area contributed by atoms with E-state index in [0.29, 0.717) is 6.54 Å². The lowest BCUT2D eigenvalue weighted by molar-refractivity contribution is 0.176. The molecule has 2 N–H and O–H groups in total. The van der Waals surface area contributed by atoms with Gasteiger partial charge in [-0.3, -0.25) is 4.90 Å². The molecule has 0 radical (unpaired) electrons. The summed E-state index contributed by atoms with van der Waals surface area (Å²) in [5.74, 6) is 0.828. The molecule has 1 aliphatic rings. The predicted octanol–water partition coefficient (Wildman–Crippen LogP) is 3.54. The van der Waals surface area contributed by atoms with Gasteiger partial charge in [-0.2, -0.15) is 0 Å². The molecule has 1 atom stereocenters. The van der Waals surface area contributed by atoms with Crippen molar-refractivity contribution in [1.82, 2.24) is 9.88 Å². The number of nitrogens with two attached hydrogens (primary N) is 1. The first-order valence-electron chi connectivity index (χ1n) is 8.20. The summed E-state index contributed by atoms with van der Waals surface area (Å²) in [5, 5.41) is 3.23. The van der Waals surface area contributed by atoms with Crippen LogP contribution in [-0.4, -0.2) is 29.5 Å². The second kappa shape index (κ2) is 7.36. The zero-order valence-corrected chi connectivity index (χ0v) is 14.1. The summed E-state index contributed by atoms with van der Waals surface area (Å²) in [7, 11) is 0. The number of hydrogen-bond donors (Lipinski definition) is 1. The molecule has 1 saturated heterocycles. The maximum absolute atomic E-state index is 5.61. The smallest absolute Gasteiger partial charge is 0.123 e. The van der Waals surface area contributed by atoms with Crippen LogP contribution in [0, 0.1) is 5.92 Å². The van der Waals surface area contributed by atoms with Gasteiger partial charge in [-0.1, -0.05) is 25.1 Å². The number of likely N-dealkylation sites (tertiary alicyclic amines) is 1. The van der Waals surface area contributed by atoms with Gasteiger partial charge in [0.2, 0.25) is 0 Å². The van der Waals surface area contributed by atoms with Crippen molar-refractivity contribution in [2.45, 2.75) is 32.7 Å². The van der Waals surface area contributed by atoms with Crippen LogP contribution in [0.3, 0.4) is 0 Å². The molecule has 0 bridgehead atoms. The number of rotatable bonds is 5. The summed E-state index contributed by atoms with van der Waals surface area (Å²) >= 11 is 1.72. The van der Waals surface area contributed by atoms with E-state index in [4.69, 9.17) is 10.7 Å². The summed E-state index contributed by atoms with van der Waals surface area (Å²) in [4.78, 5) is 7.27. The molecule has 0 aliphatic carbocycles. The van der Waals surface area contributed by atoms with Gasteiger partial charge in [0.15, 0.2) is 0 Å². The molecule has 2 heterocycles. The Bertz CT molecular complexity index is 608. The minimum atomic E-state index is 0.663. The summed E-state index contributed by atoms with van der Waals surface area (Å²) in [6.45, 7) is 6.53. The summed E-state index contributed by atoms with van der Waals surface area (Å²) in [6.07, 6.45) is 3.57. The van der Waals surface area contributed by atoms with Gasteiger partial charge in [-0.15, -0.1) is 11.3 Å². The number of nitrogens with zero attached hydrogens (tertiary/aromatic N) is 2. The third kappa shape index (κ3) is 3.94. The van der Waals surface area contributed by atoms with Crippen molar-refractivity contribution in [3.63, 3.8) is 0 Å². The summed E-state index contributed by atoms with van der Waals surface area (Å²) in [5.41, 5.74) is 9.34. The van der Waals surface area contributed by atoms with Crippen molar-refractivity contribution in [2.24, 2.45) is 11.7 Å². The molecule has 0 amide bonds. The van der Waals surface area contributed by atoms with Crippen LogP contribution in [0.4, 0.5) is 0 Å². The number of aromatic nitrogens is 1. The van der Waals surface area contributed by atoms with Crippen LogP contribution in [0.15, 0.2) is 29.6 Å². The molecule has 0 spiro atoms. The van der Waals surface area contributed by atoms with Crippen LogP contribution >= 0.6 is 11.3 Å². The highest BCUT2D eigenvalue weighted by molar-refractivity contribution is 7.13. The number of hydrogen-bond acceptors (Lipinski definition) is 4. The average molecular weight is 315 g/mol. The molecule has 2 aromatic rings. The van der Waals surface area contributed by atoms with E-state index in [-0.39, 0.29) is 0 Å². The van der Waals surface area contributed by atoms with Crippen molar-refractivity contribution in [3.05, 3.63) is 40.9 Å². The van der Waals surface area contributed by atoms with Crippen LogP contribution < -0.4 is 5.73 Å². The van der Waals surface area contributed by atoms with Crippen molar-refractivity contribution in [3.8, 4) is 10.6 Å². The summed E-state index contributed by atoms with van der Waals surface area (Å²) < 4.78 is 0. The van der Waals surface area contributed by atoms with E-state index in [2.05, 4.69) is 41.5 Å². The van der Waals surface area contributed by atoms with Gasteiger partial charge in [-0.05, 0) is 43.5 Å². The lowest BCUT2D eigenvalue weighted by Crippen LogP contribution is -2.33. The Morgan fingerprint density at radius 2 is 2.32 bits per heavy atom. The van der Waals surface area contributed by atoms with Crippen LogP contribution in [0.2, 0.25) is 0 Å². The second-order valence-electron chi connectivity index (χ2n) is 6.37. The molecule has 118 valence electrons. The van der Waals surface area contributed by atoms with Crippen LogP contribution in [0.5, 0.6) is 0 Å². The van der Waals surface area contributed by atoms with E-state index >= 15 is 0 Å². The molecular weight excluding hydrogens is 290 g/mol. The molecule has 1 fully saturated rings. The Balaban J connectivity index is 1.71. The van der Waals surface area contributed by atoms with Crippen LogP contribution in [0.25, 0.3) is 10.6 Å². The number of thiazole rings is 1. The fraction of sp³-hybridized carbons (Fsp3) is 0.500. The Morgan fingerprint density at radius 1 is 1.41 bits per heavy atom. The van der Waals surface area contributed by atoms with Crippen molar-refractivity contribution in [1.29, 1.82) is 0 Å². The SMILES string of the molecule is CC1CCCN(Cc2cccc(-c3nc(CCN)cs3)c2)C1. The maximum atomic E-state index is 5.61. The van der Waals surface area contributed by atoms with Gasteiger partial charge in [0.05, 0.1) is 5.69 Å².